The summed E-state index contributed by atoms with van der Waals surface area (Å²) < 4.78 is 22.8. The van der Waals surface area contributed by atoms with Crippen LogP contribution in [0, 0.1) is 29.0 Å². The normalized spacial score (nSPS) is 18.8. The van der Waals surface area contributed by atoms with Gasteiger partial charge in [0.2, 0.25) is 17.7 Å². The number of benzene rings is 3. The maximum Gasteiger partial charge on any atom is 0.267 e. The summed E-state index contributed by atoms with van der Waals surface area (Å²) in [6.45, 7) is 8.62. The van der Waals surface area contributed by atoms with Gasteiger partial charge in [-0.15, -0.1) is 0 Å². The van der Waals surface area contributed by atoms with Gasteiger partial charge in [-0.1, -0.05) is 30.3 Å². The van der Waals surface area contributed by atoms with Gasteiger partial charge in [-0.05, 0) is 105 Å². The molecule has 4 saturated heterocycles. The third-order valence-electron chi connectivity index (χ3n) is 13.6. The summed E-state index contributed by atoms with van der Waals surface area (Å²) in [7, 11) is 0. The molecule has 1 unspecified atom stereocenters. The summed E-state index contributed by atoms with van der Waals surface area (Å²) in [4.78, 5) is 67.6. The lowest BCUT2D eigenvalue weighted by atomic mass is 9.95. The fourth-order valence-corrected chi connectivity index (χ4v) is 9.59. The van der Waals surface area contributed by atoms with E-state index in [1.165, 1.54) is 16.8 Å². The molecule has 0 spiro atoms. The first kappa shape index (κ1) is 46.1. The van der Waals surface area contributed by atoms with Crippen molar-refractivity contribution < 1.29 is 23.5 Å². The second kappa shape index (κ2) is 21.3. The fraction of sp³-hybridized carbons (Fsp3) is 0.412. The van der Waals surface area contributed by atoms with E-state index in [9.17, 15) is 24.4 Å². The molecule has 17 heteroatoms. The molecule has 3 aromatic carbocycles. The van der Waals surface area contributed by atoms with Gasteiger partial charge in [-0.25, -0.2) is 19.0 Å². The highest BCUT2D eigenvalue weighted by molar-refractivity contribution is 6.01. The number of hydrogen-bond acceptors (Lipinski definition) is 13. The molecule has 2 aromatic heterocycles. The lowest BCUT2D eigenvalue weighted by molar-refractivity contribution is -0.135. The molecule has 1 atom stereocenters. The highest BCUT2D eigenvalue weighted by atomic mass is 19.1. The zero-order valence-corrected chi connectivity index (χ0v) is 38.1. The molecule has 5 aromatic rings. The van der Waals surface area contributed by atoms with Crippen LogP contribution in [0.15, 0.2) is 96.1 Å². The molecule has 352 valence electrons. The second-order valence-corrected chi connectivity index (χ2v) is 18.3. The fourth-order valence-electron chi connectivity index (χ4n) is 9.59. The largest absolute Gasteiger partial charge is 0.490 e. The molecule has 4 fully saturated rings. The van der Waals surface area contributed by atoms with Gasteiger partial charge in [0, 0.05) is 75.1 Å². The molecule has 16 nitrogen and oxygen atoms in total. The van der Waals surface area contributed by atoms with Gasteiger partial charge >= 0.3 is 0 Å². The summed E-state index contributed by atoms with van der Waals surface area (Å²) in [5.74, 6) is 1.24. The van der Waals surface area contributed by atoms with Gasteiger partial charge in [0.25, 0.3) is 5.56 Å². The van der Waals surface area contributed by atoms with Gasteiger partial charge in [-0.3, -0.25) is 34.3 Å². The van der Waals surface area contributed by atoms with Crippen molar-refractivity contribution in [1.82, 2.24) is 39.8 Å². The SMILES string of the molecule is N#Cc1cccc(-c2ccc(=O)n(Cc3cccc(-c4ncc(OCC5CCN(CC(=O)N6CCC(CN7CCN(c8ccc(NC9CCC(=O)NC9=O)cc8F)CC7)CC6)CC5)cn4)c3)n2)c1. The number of carbonyl (C=O) groups excluding carboxylic acids is 3. The minimum atomic E-state index is -0.558. The van der Waals surface area contributed by atoms with Crippen LogP contribution < -0.4 is 25.8 Å². The molecule has 68 heavy (non-hydrogen) atoms. The topological polar surface area (TPSA) is 182 Å². The first-order valence-electron chi connectivity index (χ1n) is 23.6. The highest BCUT2D eigenvalue weighted by Crippen LogP contribution is 2.28. The van der Waals surface area contributed by atoms with Gasteiger partial charge in [0.05, 0.1) is 55.1 Å². The molecule has 4 aliphatic rings. The summed E-state index contributed by atoms with van der Waals surface area (Å²) in [6.07, 6.45) is 7.88. The number of nitriles is 1. The predicted octanol–water partition coefficient (Wildman–Crippen LogP) is 4.80. The number of anilines is 2. The van der Waals surface area contributed by atoms with E-state index in [0.717, 1.165) is 101 Å². The number of imide groups is 1. The van der Waals surface area contributed by atoms with E-state index in [2.05, 4.69) is 46.5 Å². The summed E-state index contributed by atoms with van der Waals surface area (Å²) in [5, 5.41) is 19.2. The first-order valence-corrected chi connectivity index (χ1v) is 23.6. The average molecular weight is 922 g/mol. The molecule has 0 bridgehead atoms. The van der Waals surface area contributed by atoms with Crippen molar-refractivity contribution >= 4 is 29.1 Å². The summed E-state index contributed by atoms with van der Waals surface area (Å²) in [5.41, 5.74) is 4.40. The molecule has 9 rings (SSSR count). The van der Waals surface area contributed by atoms with E-state index < -0.39 is 6.04 Å². The molecular weight excluding hydrogens is 866 g/mol. The van der Waals surface area contributed by atoms with Crippen molar-refractivity contribution in [2.75, 3.05) is 82.3 Å². The Kier molecular flexibility index (Phi) is 14.4. The Bertz CT molecular complexity index is 2700. The second-order valence-electron chi connectivity index (χ2n) is 18.3. The number of aromatic nitrogens is 4. The Morgan fingerprint density at radius 2 is 1.56 bits per heavy atom. The van der Waals surface area contributed by atoms with Crippen LogP contribution >= 0.6 is 0 Å². The van der Waals surface area contributed by atoms with Crippen LogP contribution in [-0.2, 0) is 20.9 Å². The van der Waals surface area contributed by atoms with E-state index in [0.29, 0.717) is 65.6 Å². The van der Waals surface area contributed by atoms with Crippen molar-refractivity contribution in [3.8, 4) is 34.5 Å². The average Bonchev–Trinajstić information content (AvgIpc) is 3.36. The monoisotopic (exact) mass is 921 g/mol. The first-order chi connectivity index (χ1) is 33.1. The van der Waals surface area contributed by atoms with E-state index in [-0.39, 0.29) is 42.1 Å². The quantitative estimate of drug-likeness (QED) is 0.145. The van der Waals surface area contributed by atoms with Crippen LogP contribution in [0.5, 0.6) is 5.75 Å². The number of piperidine rings is 3. The molecule has 3 amide bonds. The van der Waals surface area contributed by atoms with Crippen LogP contribution in [0.25, 0.3) is 22.6 Å². The van der Waals surface area contributed by atoms with Gasteiger partial charge < -0.3 is 19.9 Å². The molecule has 2 N–H and O–H groups in total. The molecule has 6 heterocycles. The lowest BCUT2D eigenvalue weighted by Crippen LogP contribution is -2.50. The van der Waals surface area contributed by atoms with Gasteiger partial charge in [0.1, 0.15) is 11.9 Å². The Labute approximate surface area is 394 Å². The molecule has 0 saturated carbocycles. The number of hydrogen-bond donors (Lipinski definition) is 2. The number of carbonyl (C=O) groups is 3. The maximum absolute atomic E-state index is 15.2. The molecule has 0 radical (unpaired) electrons. The minimum Gasteiger partial charge on any atom is -0.490 e. The van der Waals surface area contributed by atoms with Crippen molar-refractivity contribution in [2.24, 2.45) is 11.8 Å². The van der Waals surface area contributed by atoms with E-state index in [4.69, 9.17) is 4.74 Å². The summed E-state index contributed by atoms with van der Waals surface area (Å²) >= 11 is 0. The number of ether oxygens (including phenoxy) is 1. The Morgan fingerprint density at radius 1 is 0.809 bits per heavy atom. The zero-order valence-electron chi connectivity index (χ0n) is 38.1. The number of amides is 3. The number of piperazine rings is 1. The maximum atomic E-state index is 15.2. The lowest BCUT2D eigenvalue weighted by Gasteiger charge is -2.40. The van der Waals surface area contributed by atoms with Crippen LogP contribution in [0.1, 0.15) is 49.7 Å². The standard InChI is InChI=1S/C51H56FN11O5/c52-43-27-41(56-45-8-11-47(64)57-51(45)67)7-10-46(43)61-23-21-60(22-24-61)31-35-15-19-62(20-16-35)49(66)33-59-17-13-36(14-18-59)34-68-42-29-54-50(55-30-42)40-6-2-4-38(26-40)32-63-48(65)12-9-44(58-63)39-5-1-3-37(25-39)28-53/h1-7,9-10,12,25-27,29-30,35-36,45,56H,8,11,13-24,31-34H2,(H,57,64,67). The van der Waals surface area contributed by atoms with Crippen LogP contribution in [0.3, 0.4) is 0 Å². The van der Waals surface area contributed by atoms with Crippen LogP contribution in [-0.4, -0.2) is 130 Å². The number of nitrogens with one attached hydrogen (secondary N) is 2. The number of halogens is 1. The molecular formula is C51H56FN11O5. The van der Waals surface area contributed by atoms with E-state index in [1.807, 2.05) is 35.2 Å². The zero-order chi connectivity index (χ0) is 47.0. The van der Waals surface area contributed by atoms with Gasteiger partial charge in [-0.2, -0.15) is 10.4 Å². The molecule has 4 aliphatic heterocycles. The third-order valence-corrected chi connectivity index (χ3v) is 13.6. The van der Waals surface area contributed by atoms with Crippen molar-refractivity contribution in [2.45, 2.75) is 51.1 Å². The highest BCUT2D eigenvalue weighted by Gasteiger charge is 2.30. The summed E-state index contributed by atoms with van der Waals surface area (Å²) in [6, 6.07) is 24.5. The van der Waals surface area contributed by atoms with E-state index in [1.54, 1.807) is 48.8 Å². The third kappa shape index (κ3) is 11.6. The Hall–Kier alpha value is -7.03. The van der Waals surface area contributed by atoms with Crippen molar-refractivity contribution in [3.05, 3.63) is 119 Å². The van der Waals surface area contributed by atoms with Crippen LogP contribution in [0.4, 0.5) is 15.8 Å². The van der Waals surface area contributed by atoms with E-state index >= 15 is 4.39 Å². The predicted molar refractivity (Wildman–Crippen MR) is 254 cm³/mol. The van der Waals surface area contributed by atoms with Crippen molar-refractivity contribution in [3.63, 3.8) is 0 Å². The Morgan fingerprint density at radius 3 is 2.31 bits per heavy atom. The smallest absolute Gasteiger partial charge is 0.267 e. The number of likely N-dealkylation sites (tertiary alicyclic amines) is 2. The minimum absolute atomic E-state index is 0.202. The molecule has 0 aliphatic carbocycles. The number of nitrogens with zero attached hydrogens (tertiary/aromatic N) is 9. The van der Waals surface area contributed by atoms with Crippen molar-refractivity contribution in [1.29, 1.82) is 5.26 Å². The number of rotatable bonds is 14. The van der Waals surface area contributed by atoms with Crippen LogP contribution in [0.2, 0.25) is 0 Å². The van der Waals surface area contributed by atoms with Gasteiger partial charge in [0.15, 0.2) is 11.6 Å². The Balaban J connectivity index is 0.661.